The van der Waals surface area contributed by atoms with Gasteiger partial charge in [0.1, 0.15) is 16.3 Å². The molecule has 1 N–H and O–H groups in total. The Balaban J connectivity index is 2.10. The second-order valence-corrected chi connectivity index (χ2v) is 5.80. The number of anilines is 1. The summed E-state index contributed by atoms with van der Waals surface area (Å²) in [5.41, 5.74) is 1.63. The average molecular weight is 318 g/mol. The SMILES string of the molecule is Cc1csc([C@H](O)CN(C)c2ccc(Cl)nc2Cl)n1. The van der Waals surface area contributed by atoms with Crippen LogP contribution in [0, 0.1) is 6.92 Å². The van der Waals surface area contributed by atoms with E-state index in [0.717, 1.165) is 11.4 Å². The summed E-state index contributed by atoms with van der Waals surface area (Å²) in [5.74, 6) is 0. The van der Waals surface area contributed by atoms with Crippen LogP contribution in [0.25, 0.3) is 0 Å². The lowest BCUT2D eigenvalue weighted by Gasteiger charge is -2.22. The van der Waals surface area contributed by atoms with E-state index in [1.807, 2.05) is 24.3 Å². The number of aliphatic hydroxyl groups excluding tert-OH is 1. The molecule has 0 spiro atoms. The van der Waals surface area contributed by atoms with Crippen LogP contribution in [0.2, 0.25) is 10.3 Å². The lowest BCUT2D eigenvalue weighted by Crippen LogP contribution is -2.24. The summed E-state index contributed by atoms with van der Waals surface area (Å²) in [6.07, 6.45) is -0.657. The van der Waals surface area contributed by atoms with Gasteiger partial charge in [0, 0.05) is 18.1 Å². The molecule has 0 amide bonds. The molecule has 1 atom stereocenters. The monoisotopic (exact) mass is 317 g/mol. The Morgan fingerprint density at radius 3 is 2.68 bits per heavy atom. The van der Waals surface area contributed by atoms with Crippen molar-refractivity contribution in [1.82, 2.24) is 9.97 Å². The zero-order chi connectivity index (χ0) is 14.0. The Bertz CT molecular complexity index is 576. The van der Waals surface area contributed by atoms with Crippen molar-refractivity contribution >= 4 is 40.2 Å². The first kappa shape index (κ1) is 14.5. The number of aromatic nitrogens is 2. The minimum absolute atomic E-state index is 0.317. The molecule has 102 valence electrons. The molecule has 0 aliphatic rings. The van der Waals surface area contributed by atoms with Crippen molar-refractivity contribution in [3.8, 4) is 0 Å². The Labute approximate surface area is 125 Å². The molecule has 0 aliphatic carbocycles. The van der Waals surface area contributed by atoms with Gasteiger partial charge in [-0.3, -0.25) is 0 Å². The smallest absolute Gasteiger partial charge is 0.154 e. The molecular formula is C12H13Cl2N3OS. The minimum atomic E-state index is -0.657. The van der Waals surface area contributed by atoms with Gasteiger partial charge in [-0.25, -0.2) is 9.97 Å². The van der Waals surface area contributed by atoms with Crippen LogP contribution in [0.1, 0.15) is 16.8 Å². The van der Waals surface area contributed by atoms with Gasteiger partial charge in [-0.2, -0.15) is 0 Å². The number of nitrogens with zero attached hydrogens (tertiary/aromatic N) is 3. The molecule has 7 heteroatoms. The van der Waals surface area contributed by atoms with Crippen LogP contribution in [0.4, 0.5) is 5.69 Å². The molecule has 0 unspecified atom stereocenters. The largest absolute Gasteiger partial charge is 0.384 e. The van der Waals surface area contributed by atoms with E-state index in [0.29, 0.717) is 21.9 Å². The van der Waals surface area contributed by atoms with Gasteiger partial charge in [0.2, 0.25) is 0 Å². The molecule has 0 fully saturated rings. The quantitative estimate of drug-likeness (QED) is 0.879. The van der Waals surface area contributed by atoms with E-state index in [9.17, 15) is 5.11 Å². The number of aryl methyl sites for hydroxylation is 1. The zero-order valence-corrected chi connectivity index (χ0v) is 12.8. The number of hydrogen-bond acceptors (Lipinski definition) is 5. The van der Waals surface area contributed by atoms with Crippen molar-refractivity contribution < 1.29 is 5.11 Å². The zero-order valence-electron chi connectivity index (χ0n) is 10.5. The predicted octanol–water partition coefficient (Wildman–Crippen LogP) is 3.32. The van der Waals surface area contributed by atoms with Crippen molar-refractivity contribution in [2.24, 2.45) is 0 Å². The van der Waals surface area contributed by atoms with Crippen molar-refractivity contribution in [3.05, 3.63) is 38.5 Å². The summed E-state index contributed by atoms with van der Waals surface area (Å²) >= 11 is 13.2. The van der Waals surface area contributed by atoms with Gasteiger partial charge < -0.3 is 10.0 Å². The number of pyridine rings is 1. The highest BCUT2D eigenvalue weighted by molar-refractivity contribution is 7.09. The average Bonchev–Trinajstić information content (AvgIpc) is 2.75. The fourth-order valence-corrected chi connectivity index (χ4v) is 2.91. The topological polar surface area (TPSA) is 49.2 Å². The third-order valence-corrected chi connectivity index (χ3v) is 4.13. The number of thiazole rings is 1. The van der Waals surface area contributed by atoms with E-state index in [2.05, 4.69) is 9.97 Å². The van der Waals surface area contributed by atoms with E-state index in [4.69, 9.17) is 23.2 Å². The fourth-order valence-electron chi connectivity index (χ4n) is 1.65. The van der Waals surface area contributed by atoms with Gasteiger partial charge >= 0.3 is 0 Å². The molecule has 0 aliphatic heterocycles. The number of hydrogen-bond donors (Lipinski definition) is 1. The minimum Gasteiger partial charge on any atom is -0.384 e. The lowest BCUT2D eigenvalue weighted by atomic mass is 10.3. The normalized spacial score (nSPS) is 12.5. The van der Waals surface area contributed by atoms with Gasteiger partial charge in [0.25, 0.3) is 0 Å². The first-order valence-electron chi connectivity index (χ1n) is 5.60. The summed E-state index contributed by atoms with van der Waals surface area (Å²) in [6.45, 7) is 2.28. The molecule has 2 rings (SSSR count). The maximum absolute atomic E-state index is 10.1. The van der Waals surface area contributed by atoms with Gasteiger partial charge in [-0.15, -0.1) is 11.3 Å². The van der Waals surface area contributed by atoms with Crippen molar-refractivity contribution in [2.75, 3.05) is 18.5 Å². The second kappa shape index (κ2) is 6.05. The van der Waals surface area contributed by atoms with Crippen molar-refractivity contribution in [3.63, 3.8) is 0 Å². The standard InChI is InChI=1S/C12H13Cl2N3OS/c1-7-6-19-12(15-7)9(18)5-17(2)8-3-4-10(13)16-11(8)14/h3-4,6,9,18H,5H2,1-2H3/t9-/m1/s1. The Morgan fingerprint density at radius 1 is 1.37 bits per heavy atom. The predicted molar refractivity (Wildman–Crippen MR) is 79.3 cm³/mol. The highest BCUT2D eigenvalue weighted by atomic mass is 35.5. The molecule has 0 aromatic carbocycles. The molecule has 0 saturated heterocycles. The van der Waals surface area contributed by atoms with E-state index >= 15 is 0 Å². The van der Waals surface area contributed by atoms with Crippen molar-refractivity contribution in [1.29, 1.82) is 0 Å². The molecule has 19 heavy (non-hydrogen) atoms. The van der Waals surface area contributed by atoms with Crippen molar-refractivity contribution in [2.45, 2.75) is 13.0 Å². The second-order valence-electron chi connectivity index (χ2n) is 4.17. The number of aliphatic hydroxyl groups is 1. The summed E-state index contributed by atoms with van der Waals surface area (Å²) in [4.78, 5) is 10.1. The molecule has 4 nitrogen and oxygen atoms in total. The number of likely N-dealkylation sites (N-methyl/N-ethyl adjacent to an activating group) is 1. The van der Waals surface area contributed by atoms with Crippen LogP contribution in [0.5, 0.6) is 0 Å². The van der Waals surface area contributed by atoms with Crippen LogP contribution in [-0.2, 0) is 0 Å². The van der Waals surface area contributed by atoms with E-state index in [1.165, 1.54) is 11.3 Å². The Hall–Kier alpha value is -0.880. The third-order valence-electron chi connectivity index (χ3n) is 2.57. The molecule has 0 bridgehead atoms. The summed E-state index contributed by atoms with van der Waals surface area (Å²) < 4.78 is 0. The Kier molecular flexibility index (Phi) is 4.62. The summed E-state index contributed by atoms with van der Waals surface area (Å²) in [7, 11) is 1.83. The highest BCUT2D eigenvalue weighted by Crippen LogP contribution is 2.27. The van der Waals surface area contributed by atoms with E-state index < -0.39 is 6.10 Å². The van der Waals surface area contributed by atoms with Crippen LogP contribution in [0.3, 0.4) is 0 Å². The van der Waals surface area contributed by atoms with Crippen LogP contribution in [0.15, 0.2) is 17.5 Å². The lowest BCUT2D eigenvalue weighted by molar-refractivity contribution is 0.184. The first-order chi connectivity index (χ1) is 8.97. The van der Waals surface area contributed by atoms with Crippen LogP contribution < -0.4 is 4.90 Å². The molecule has 0 radical (unpaired) electrons. The molecule has 2 heterocycles. The van der Waals surface area contributed by atoms with Crippen LogP contribution in [-0.4, -0.2) is 28.7 Å². The number of rotatable bonds is 4. The van der Waals surface area contributed by atoms with E-state index in [-0.39, 0.29) is 0 Å². The molecule has 2 aromatic rings. The fraction of sp³-hybridized carbons (Fsp3) is 0.333. The maximum atomic E-state index is 10.1. The van der Waals surface area contributed by atoms with Gasteiger partial charge in [-0.1, -0.05) is 23.2 Å². The van der Waals surface area contributed by atoms with E-state index in [1.54, 1.807) is 12.1 Å². The van der Waals surface area contributed by atoms with Gasteiger partial charge in [-0.05, 0) is 19.1 Å². The summed E-state index contributed by atoms with van der Waals surface area (Å²) in [5, 5.41) is 13.4. The third kappa shape index (κ3) is 3.57. The molecule has 2 aromatic heterocycles. The maximum Gasteiger partial charge on any atom is 0.154 e. The highest BCUT2D eigenvalue weighted by Gasteiger charge is 2.16. The van der Waals surface area contributed by atoms with Gasteiger partial charge in [0.15, 0.2) is 5.15 Å². The Morgan fingerprint density at radius 2 is 2.11 bits per heavy atom. The molecule has 0 saturated carbocycles. The molecular weight excluding hydrogens is 305 g/mol. The summed E-state index contributed by atoms with van der Waals surface area (Å²) in [6, 6.07) is 3.44. The van der Waals surface area contributed by atoms with Gasteiger partial charge in [0.05, 0.1) is 12.2 Å². The number of halogens is 2. The first-order valence-corrected chi connectivity index (χ1v) is 7.24. The van der Waals surface area contributed by atoms with Crippen LogP contribution >= 0.6 is 34.5 Å².